The van der Waals surface area contributed by atoms with Crippen molar-refractivity contribution in [1.82, 2.24) is 0 Å². The van der Waals surface area contributed by atoms with Gasteiger partial charge in [-0.2, -0.15) is 0 Å². The molecule has 19 heavy (non-hydrogen) atoms. The average molecular weight is 345 g/mol. The minimum absolute atomic E-state index is 0.0785. The number of hydrogen-bond donors (Lipinski definition) is 2. The smallest absolute Gasteiger partial charge is 0.259 e. The van der Waals surface area contributed by atoms with E-state index in [-0.39, 0.29) is 22.0 Å². The molecule has 1 amide bonds. The first-order chi connectivity index (χ1) is 8.95. The molecule has 0 fully saturated rings. The SMILES string of the molecule is O=C(Nc1cc(F)cc(Cl)c1)c1cc(Br)ccc1O. The van der Waals surface area contributed by atoms with Crippen LogP contribution in [0.4, 0.5) is 10.1 Å². The summed E-state index contributed by atoms with van der Waals surface area (Å²) in [5, 5.41) is 12.2. The van der Waals surface area contributed by atoms with E-state index in [1.54, 1.807) is 6.07 Å². The maximum atomic E-state index is 13.1. The number of phenolic OH excluding ortho intramolecular Hbond substituents is 1. The van der Waals surface area contributed by atoms with Gasteiger partial charge < -0.3 is 10.4 Å². The molecule has 0 atom stereocenters. The monoisotopic (exact) mass is 343 g/mol. The van der Waals surface area contributed by atoms with Crippen molar-refractivity contribution in [2.45, 2.75) is 0 Å². The number of anilines is 1. The van der Waals surface area contributed by atoms with Crippen LogP contribution in [0.5, 0.6) is 5.75 Å². The number of rotatable bonds is 2. The summed E-state index contributed by atoms with van der Waals surface area (Å²) in [5.74, 6) is -1.27. The molecule has 2 N–H and O–H groups in total. The Kier molecular flexibility index (Phi) is 4.07. The Morgan fingerprint density at radius 1 is 1.26 bits per heavy atom. The van der Waals surface area contributed by atoms with Crippen LogP contribution in [0.25, 0.3) is 0 Å². The maximum Gasteiger partial charge on any atom is 0.259 e. The Morgan fingerprint density at radius 2 is 2.00 bits per heavy atom. The summed E-state index contributed by atoms with van der Waals surface area (Å²) in [7, 11) is 0. The van der Waals surface area contributed by atoms with Crippen molar-refractivity contribution in [2.24, 2.45) is 0 Å². The fourth-order valence-corrected chi connectivity index (χ4v) is 2.10. The topological polar surface area (TPSA) is 49.3 Å². The Labute approximate surface area is 122 Å². The minimum Gasteiger partial charge on any atom is -0.507 e. The van der Waals surface area contributed by atoms with Gasteiger partial charge in [-0.15, -0.1) is 0 Å². The molecule has 0 saturated carbocycles. The van der Waals surface area contributed by atoms with Gasteiger partial charge in [0.25, 0.3) is 5.91 Å². The van der Waals surface area contributed by atoms with Gasteiger partial charge in [0.1, 0.15) is 11.6 Å². The second kappa shape index (κ2) is 5.59. The van der Waals surface area contributed by atoms with Gasteiger partial charge in [0.2, 0.25) is 0 Å². The number of hydrogen-bond acceptors (Lipinski definition) is 2. The molecular formula is C13H8BrClFNO2. The third kappa shape index (κ3) is 3.45. The van der Waals surface area contributed by atoms with Crippen molar-refractivity contribution in [1.29, 1.82) is 0 Å². The summed E-state index contributed by atoms with van der Waals surface area (Å²) in [6.07, 6.45) is 0. The fourth-order valence-electron chi connectivity index (χ4n) is 1.51. The van der Waals surface area contributed by atoms with Crippen molar-refractivity contribution in [3.8, 4) is 5.75 Å². The van der Waals surface area contributed by atoms with Gasteiger partial charge in [0.05, 0.1) is 5.56 Å². The number of amides is 1. The third-order valence-electron chi connectivity index (χ3n) is 2.32. The Bertz CT molecular complexity index is 628. The highest BCUT2D eigenvalue weighted by atomic mass is 79.9. The number of halogens is 3. The maximum absolute atomic E-state index is 13.1. The van der Waals surface area contributed by atoms with Crippen LogP contribution in [-0.4, -0.2) is 11.0 Å². The first-order valence-corrected chi connectivity index (χ1v) is 6.39. The van der Waals surface area contributed by atoms with Gasteiger partial charge in [-0.1, -0.05) is 27.5 Å². The normalized spacial score (nSPS) is 10.3. The van der Waals surface area contributed by atoms with Crippen LogP contribution in [-0.2, 0) is 0 Å². The zero-order chi connectivity index (χ0) is 14.0. The van der Waals surface area contributed by atoms with Crippen molar-refractivity contribution >= 4 is 39.1 Å². The number of benzene rings is 2. The second-order valence-electron chi connectivity index (χ2n) is 3.77. The van der Waals surface area contributed by atoms with Crippen LogP contribution in [0.1, 0.15) is 10.4 Å². The van der Waals surface area contributed by atoms with Gasteiger partial charge >= 0.3 is 0 Å². The molecule has 2 aromatic carbocycles. The minimum atomic E-state index is -0.555. The summed E-state index contributed by atoms with van der Waals surface area (Å²) in [6, 6.07) is 8.14. The van der Waals surface area contributed by atoms with E-state index in [1.807, 2.05) is 0 Å². The second-order valence-corrected chi connectivity index (χ2v) is 5.13. The van der Waals surface area contributed by atoms with Crippen LogP contribution < -0.4 is 5.32 Å². The van der Waals surface area contributed by atoms with E-state index in [0.29, 0.717) is 4.47 Å². The average Bonchev–Trinajstić information content (AvgIpc) is 2.30. The molecule has 0 bridgehead atoms. The first kappa shape index (κ1) is 13.8. The van der Waals surface area contributed by atoms with Crippen LogP contribution >= 0.6 is 27.5 Å². The van der Waals surface area contributed by atoms with Crippen molar-refractivity contribution in [2.75, 3.05) is 5.32 Å². The highest BCUT2D eigenvalue weighted by molar-refractivity contribution is 9.10. The Balaban J connectivity index is 2.28. The van der Waals surface area contributed by atoms with Gasteiger partial charge in [-0.25, -0.2) is 4.39 Å². The molecule has 2 rings (SSSR count). The van der Waals surface area contributed by atoms with Crippen LogP contribution in [0.15, 0.2) is 40.9 Å². The first-order valence-electron chi connectivity index (χ1n) is 5.21. The van der Waals surface area contributed by atoms with E-state index in [9.17, 15) is 14.3 Å². The number of carbonyl (C=O) groups excluding carboxylic acids is 1. The number of phenols is 1. The predicted molar refractivity (Wildman–Crippen MR) is 75.2 cm³/mol. The molecule has 0 heterocycles. The van der Waals surface area contributed by atoms with E-state index in [4.69, 9.17) is 11.6 Å². The molecule has 0 spiro atoms. The van der Waals surface area contributed by atoms with Gasteiger partial charge in [0.15, 0.2) is 0 Å². The highest BCUT2D eigenvalue weighted by Crippen LogP contribution is 2.24. The summed E-state index contributed by atoms with van der Waals surface area (Å²) >= 11 is 8.89. The fraction of sp³-hybridized carbons (Fsp3) is 0. The van der Waals surface area contributed by atoms with E-state index < -0.39 is 11.7 Å². The van der Waals surface area contributed by atoms with E-state index in [1.165, 1.54) is 18.2 Å². The number of carbonyl (C=O) groups is 1. The lowest BCUT2D eigenvalue weighted by Gasteiger charge is -2.08. The van der Waals surface area contributed by atoms with Crippen molar-refractivity contribution in [3.63, 3.8) is 0 Å². The van der Waals surface area contributed by atoms with Gasteiger partial charge in [-0.05, 0) is 36.4 Å². The summed E-state index contributed by atoms with van der Waals surface area (Å²) in [4.78, 5) is 12.0. The molecule has 0 aliphatic carbocycles. The predicted octanol–water partition coefficient (Wildman–Crippen LogP) is 4.20. The molecule has 0 radical (unpaired) electrons. The van der Waals surface area contributed by atoms with E-state index in [0.717, 1.165) is 12.1 Å². The molecule has 2 aromatic rings. The lowest BCUT2D eigenvalue weighted by molar-refractivity contribution is 0.102. The highest BCUT2D eigenvalue weighted by Gasteiger charge is 2.12. The standard InChI is InChI=1S/C13H8BrClFNO2/c14-7-1-2-12(18)11(3-7)13(19)17-10-5-8(15)4-9(16)6-10/h1-6,18H,(H,17,19). The van der Waals surface area contributed by atoms with Gasteiger partial charge in [0, 0.05) is 15.2 Å². The van der Waals surface area contributed by atoms with E-state index >= 15 is 0 Å². The van der Waals surface area contributed by atoms with Crippen molar-refractivity contribution < 1.29 is 14.3 Å². The number of nitrogens with one attached hydrogen (secondary N) is 1. The molecule has 6 heteroatoms. The molecule has 98 valence electrons. The molecule has 0 aliphatic heterocycles. The lowest BCUT2D eigenvalue weighted by Crippen LogP contribution is -2.12. The van der Waals surface area contributed by atoms with Crippen molar-refractivity contribution in [3.05, 3.63) is 57.3 Å². The lowest BCUT2D eigenvalue weighted by atomic mass is 10.2. The zero-order valence-corrected chi connectivity index (χ0v) is 11.8. The third-order valence-corrected chi connectivity index (χ3v) is 3.04. The van der Waals surface area contributed by atoms with Crippen LogP contribution in [0, 0.1) is 5.82 Å². The van der Waals surface area contributed by atoms with Gasteiger partial charge in [-0.3, -0.25) is 4.79 Å². The summed E-state index contributed by atoms with van der Waals surface area (Å²) in [6.45, 7) is 0. The number of aromatic hydroxyl groups is 1. The molecule has 0 saturated heterocycles. The Hall–Kier alpha value is -1.59. The Morgan fingerprint density at radius 3 is 2.68 bits per heavy atom. The zero-order valence-electron chi connectivity index (χ0n) is 9.45. The molecule has 0 aromatic heterocycles. The largest absolute Gasteiger partial charge is 0.507 e. The molecule has 0 aliphatic rings. The molecular weight excluding hydrogens is 337 g/mol. The van der Waals surface area contributed by atoms with Crippen LogP contribution in [0.3, 0.4) is 0 Å². The summed E-state index contributed by atoms with van der Waals surface area (Å²) < 4.78 is 13.8. The van der Waals surface area contributed by atoms with E-state index in [2.05, 4.69) is 21.2 Å². The molecule has 3 nitrogen and oxygen atoms in total. The quantitative estimate of drug-likeness (QED) is 0.858. The molecule has 0 unspecified atom stereocenters. The summed E-state index contributed by atoms with van der Waals surface area (Å²) in [5.41, 5.74) is 0.295. The van der Waals surface area contributed by atoms with Crippen LogP contribution in [0.2, 0.25) is 5.02 Å².